The summed E-state index contributed by atoms with van der Waals surface area (Å²) >= 11 is 1.63. The van der Waals surface area contributed by atoms with Crippen LogP contribution in [0.1, 0.15) is 98.7 Å². The monoisotopic (exact) mass is 1250 g/mol. The van der Waals surface area contributed by atoms with E-state index in [4.69, 9.17) is 18.9 Å². The smallest absolute Gasteiger partial charge is 0.407 e. The van der Waals surface area contributed by atoms with Crippen molar-refractivity contribution in [3.63, 3.8) is 0 Å². The predicted octanol–water partition coefficient (Wildman–Crippen LogP) is 2.32. The molecule has 0 saturated carbocycles. The molecule has 0 spiro atoms. The number of alkyl carbamates (subject to hydrolysis) is 1. The van der Waals surface area contributed by atoms with Gasteiger partial charge in [0.15, 0.2) is 17.9 Å². The molecular formula is C58H65N5O20S3. The lowest BCUT2D eigenvalue weighted by Gasteiger charge is -2.42. The minimum absolute atomic E-state index is 0.00976. The van der Waals surface area contributed by atoms with Crippen molar-refractivity contribution in [3.05, 3.63) is 111 Å². The van der Waals surface area contributed by atoms with Crippen molar-refractivity contribution in [1.29, 1.82) is 0 Å². The SMILES string of the molecule is CN[C@@H](CNC(=O)CCSCC1c2ccccc2-c2ccccc21)C(=O)N[C@@H](CC(=O)O)C(=O)N[C@@H](CSSCCOC(=O)NC1CC(O[C@H]2C[C@](O)(C(=O)CO)Cc3c(O)c4c(c(O)c32)C(=O)c2c(OC)cccc2C4=O)OC(C)C1O)C(=O)O. The largest absolute Gasteiger partial charge is 0.507 e. The van der Waals surface area contributed by atoms with Gasteiger partial charge in [-0.05, 0) is 42.3 Å². The number of Topliss-reactive ketones (excluding diaryl/α,β-unsaturated/α-hetero) is 1. The van der Waals surface area contributed by atoms with E-state index in [1.807, 2.05) is 24.3 Å². The van der Waals surface area contributed by atoms with Crippen molar-refractivity contribution in [1.82, 2.24) is 26.6 Å². The number of likely N-dealkylation sites (N-methyl/N-ethyl adjacent to an activating group) is 1. The fraction of sp³-hybridized carbons (Fsp3) is 0.431. The van der Waals surface area contributed by atoms with Gasteiger partial charge in [0, 0.05) is 77.8 Å². The fourth-order valence-electron chi connectivity index (χ4n) is 10.9. The van der Waals surface area contributed by atoms with Gasteiger partial charge in [-0.2, -0.15) is 11.8 Å². The number of rotatable bonds is 27. The zero-order valence-corrected chi connectivity index (χ0v) is 49.1. The zero-order chi connectivity index (χ0) is 62.1. The van der Waals surface area contributed by atoms with Gasteiger partial charge >= 0.3 is 18.0 Å². The number of thioether (sulfide) groups is 1. The molecule has 28 heteroatoms. The number of aliphatic hydroxyl groups is 3. The van der Waals surface area contributed by atoms with Crippen LogP contribution in [0.25, 0.3) is 11.1 Å². The highest BCUT2D eigenvalue weighted by atomic mass is 33.1. The molecule has 1 fully saturated rings. The third-order valence-corrected chi connectivity index (χ3v) is 18.7. The molecule has 9 atom stereocenters. The first-order chi connectivity index (χ1) is 41.1. The highest BCUT2D eigenvalue weighted by molar-refractivity contribution is 8.76. The molecule has 460 valence electrons. The quantitative estimate of drug-likeness (QED) is 0.0204. The number of aromatic hydroxyl groups is 2. The lowest BCUT2D eigenvalue weighted by Crippen LogP contribution is -2.57. The summed E-state index contributed by atoms with van der Waals surface area (Å²) in [5.74, 6) is -8.40. The van der Waals surface area contributed by atoms with Gasteiger partial charge in [-0.15, -0.1) is 0 Å². The average Bonchev–Trinajstić information content (AvgIpc) is 0.962. The molecule has 0 radical (unpaired) electrons. The topological polar surface area (TPSA) is 392 Å². The van der Waals surface area contributed by atoms with Crippen LogP contribution in [-0.2, 0) is 49.4 Å². The normalized spacial score (nSPS) is 21.2. The highest BCUT2D eigenvalue weighted by Crippen LogP contribution is 2.53. The van der Waals surface area contributed by atoms with Crippen LogP contribution in [0, 0.1) is 0 Å². The molecule has 4 aromatic carbocycles. The third-order valence-electron chi connectivity index (χ3n) is 15.3. The van der Waals surface area contributed by atoms with Crippen LogP contribution in [0.4, 0.5) is 4.79 Å². The van der Waals surface area contributed by atoms with E-state index in [2.05, 4.69) is 50.8 Å². The lowest BCUT2D eigenvalue weighted by atomic mass is 9.72. The first-order valence-corrected chi connectivity index (χ1v) is 30.9. The van der Waals surface area contributed by atoms with Gasteiger partial charge in [-0.3, -0.25) is 33.6 Å². The van der Waals surface area contributed by atoms with Crippen molar-refractivity contribution < 1.29 is 97.8 Å². The van der Waals surface area contributed by atoms with Gasteiger partial charge < -0.3 is 81.3 Å². The summed E-state index contributed by atoms with van der Waals surface area (Å²) in [4.78, 5) is 118. The summed E-state index contributed by atoms with van der Waals surface area (Å²) in [6, 6.07) is 15.2. The van der Waals surface area contributed by atoms with Crippen molar-refractivity contribution >= 4 is 86.5 Å². The Morgan fingerprint density at radius 2 is 1.47 bits per heavy atom. The average molecular weight is 1250 g/mol. The summed E-state index contributed by atoms with van der Waals surface area (Å²) in [5, 5.41) is 88.1. The number of aliphatic carboxylic acids is 2. The number of nitrogens with one attached hydrogen (secondary N) is 5. The van der Waals surface area contributed by atoms with Crippen LogP contribution in [0.15, 0.2) is 66.7 Å². The van der Waals surface area contributed by atoms with E-state index >= 15 is 0 Å². The summed E-state index contributed by atoms with van der Waals surface area (Å²) in [7, 11) is 4.72. The summed E-state index contributed by atoms with van der Waals surface area (Å²) in [6.45, 7) is -0.158. The van der Waals surface area contributed by atoms with Crippen LogP contribution in [0.3, 0.4) is 0 Å². The lowest BCUT2D eigenvalue weighted by molar-refractivity contribution is -0.249. The molecule has 4 aromatic rings. The summed E-state index contributed by atoms with van der Waals surface area (Å²) < 4.78 is 22.7. The minimum atomic E-state index is -2.43. The Hall–Kier alpha value is -7.28. The number of hydrogen-bond acceptors (Lipinski definition) is 22. The van der Waals surface area contributed by atoms with Crippen LogP contribution in [0.2, 0.25) is 0 Å². The molecule has 86 heavy (non-hydrogen) atoms. The molecule has 25 nitrogen and oxygen atoms in total. The van der Waals surface area contributed by atoms with Crippen molar-refractivity contribution in [2.45, 2.75) is 99.3 Å². The van der Waals surface area contributed by atoms with Crippen molar-refractivity contribution in [2.75, 3.05) is 56.9 Å². The number of benzene rings is 4. The van der Waals surface area contributed by atoms with Crippen LogP contribution in [-0.4, -0.2) is 194 Å². The molecule has 0 aromatic heterocycles. The van der Waals surface area contributed by atoms with Crippen LogP contribution in [0.5, 0.6) is 17.2 Å². The minimum Gasteiger partial charge on any atom is -0.507 e. The Morgan fingerprint density at radius 1 is 0.814 bits per heavy atom. The molecule has 3 aliphatic carbocycles. The number of methoxy groups -OCH3 is 1. The number of amides is 4. The number of aliphatic hydroxyl groups excluding tert-OH is 2. The Labute approximate surface area is 504 Å². The molecule has 1 saturated heterocycles. The molecule has 4 aliphatic rings. The second-order valence-corrected chi connectivity index (χ2v) is 24.5. The number of phenols is 2. The summed E-state index contributed by atoms with van der Waals surface area (Å²) in [5.41, 5.74) is 0.335. The molecule has 12 N–H and O–H groups in total. The predicted molar refractivity (Wildman–Crippen MR) is 312 cm³/mol. The van der Waals surface area contributed by atoms with Crippen molar-refractivity contribution in [2.24, 2.45) is 0 Å². The van der Waals surface area contributed by atoms with E-state index < -0.39 is 150 Å². The number of carbonyl (C=O) groups is 9. The zero-order valence-electron chi connectivity index (χ0n) is 46.7. The number of carboxylic acids is 2. The number of fused-ring (bicyclic) bond motifs is 6. The third kappa shape index (κ3) is 14.2. The molecule has 8 rings (SSSR count). The Morgan fingerprint density at radius 3 is 2.12 bits per heavy atom. The first-order valence-electron chi connectivity index (χ1n) is 27.3. The first kappa shape index (κ1) is 64.7. The van der Waals surface area contributed by atoms with Gasteiger partial charge in [0.2, 0.25) is 23.5 Å². The van der Waals surface area contributed by atoms with Crippen molar-refractivity contribution in [3.8, 4) is 28.4 Å². The number of hydrogen-bond donors (Lipinski definition) is 12. The molecular weight excluding hydrogens is 1180 g/mol. The molecule has 1 aliphatic heterocycles. The van der Waals surface area contributed by atoms with E-state index in [-0.39, 0.29) is 77.3 Å². The van der Waals surface area contributed by atoms with Gasteiger partial charge in [-0.1, -0.05) is 82.3 Å². The second-order valence-electron chi connectivity index (χ2n) is 20.7. The Bertz CT molecular complexity index is 3250. The van der Waals surface area contributed by atoms with Gasteiger partial charge in [0.1, 0.15) is 60.3 Å². The standard InChI is InChI=1S/C58H65N5O20S3/c1-27-49(69)35(20-44(82-27)83-40-22-58(79,41(65)24-64)21-33-46(40)53(73)48-47(51(33)71)50(70)32-13-8-14-39(80-3)45(32)52(48)72)63-57(78)81-16-18-85-86-26-38(56(76)77)62-54(74)36(19-43(67)68)61-55(75)37(59-2)23-60-42(66)15-17-84-25-34-30-11-6-4-9-28(30)29-10-5-7-12-31(29)34/h4-14,27,34-38,40,44,49,59,64,69,71,73,79H,15-26H2,1-3H3,(H,60,66)(H,61,75)(H,62,74)(H,63,78)(H,67,68)(H,76,77)/t27?,35?,36-,37-,38-,40-,44?,49?,58-/m0/s1. The second kappa shape index (κ2) is 28.5. The van der Waals surface area contributed by atoms with Gasteiger partial charge in [0.05, 0.1) is 48.5 Å². The number of ketones is 3. The highest BCUT2D eigenvalue weighted by Gasteiger charge is 2.51. The molecule has 4 unspecified atom stereocenters. The van der Waals surface area contributed by atoms with Gasteiger partial charge in [-0.25, -0.2) is 9.59 Å². The maximum absolute atomic E-state index is 14.0. The van der Waals surface area contributed by atoms with E-state index in [0.29, 0.717) is 5.75 Å². The number of carbonyl (C=O) groups excluding carboxylic acids is 7. The van der Waals surface area contributed by atoms with Crippen LogP contribution < -0.4 is 31.3 Å². The summed E-state index contributed by atoms with van der Waals surface area (Å²) in [6.07, 6.45) is -8.83. The molecule has 1 heterocycles. The Balaban J connectivity index is 0.791. The van der Waals surface area contributed by atoms with E-state index in [0.717, 1.165) is 27.3 Å². The molecule has 4 amide bonds. The van der Waals surface area contributed by atoms with Crippen LogP contribution >= 0.6 is 33.3 Å². The van der Waals surface area contributed by atoms with Gasteiger partial charge in [0.25, 0.3) is 0 Å². The number of phenolic OH excluding ortho intramolecular Hbond substituents is 2. The maximum Gasteiger partial charge on any atom is 0.407 e. The number of ether oxygens (including phenoxy) is 4. The Kier molecular flexibility index (Phi) is 21.4. The van der Waals surface area contributed by atoms with E-state index in [1.54, 1.807) is 11.8 Å². The van der Waals surface area contributed by atoms with E-state index in [9.17, 15) is 78.9 Å². The maximum atomic E-state index is 14.0. The van der Waals surface area contributed by atoms with E-state index in [1.165, 1.54) is 61.5 Å². The molecule has 0 bridgehead atoms. The fourth-order valence-corrected chi connectivity index (χ4v) is 14.0. The number of carboxylic acid groups (broad SMARTS) is 2.